The normalized spacial score (nSPS) is 15.1. The Balaban J connectivity index is 1.82. The summed E-state index contributed by atoms with van der Waals surface area (Å²) in [6.07, 6.45) is 1.89. The average Bonchev–Trinajstić information content (AvgIpc) is 3.25. The summed E-state index contributed by atoms with van der Waals surface area (Å²) in [6, 6.07) is 15.7. The molecule has 0 aliphatic heterocycles. The number of aryl methyl sites for hydroxylation is 1. The molecule has 0 spiro atoms. The maximum absolute atomic E-state index is 13.8. The molecule has 4 rings (SSSR count). The molecule has 0 unspecified atom stereocenters. The molecule has 9 heteroatoms. The third kappa shape index (κ3) is 6.93. The molecule has 0 heterocycles. The Morgan fingerprint density at radius 3 is 2.33 bits per heavy atom. The molecular formula is C34H41N3O6. The lowest BCUT2D eigenvalue weighted by atomic mass is 9.95. The maximum Gasteiger partial charge on any atom is 0.243 e. The molecular weight excluding hydrogens is 546 g/mol. The third-order valence-corrected chi connectivity index (χ3v) is 8.03. The summed E-state index contributed by atoms with van der Waals surface area (Å²) in [7, 11) is 4.68. The molecule has 2 amide bonds. The Labute approximate surface area is 252 Å². The number of amides is 2. The van der Waals surface area contributed by atoms with E-state index in [9.17, 15) is 14.4 Å². The molecule has 3 aromatic rings. The first-order valence-corrected chi connectivity index (χ1v) is 14.6. The quantitative estimate of drug-likeness (QED) is 0.289. The number of carbonyl (C=O) groups is 2. The minimum Gasteiger partial charge on any atom is -0.493 e. The van der Waals surface area contributed by atoms with Crippen LogP contribution in [0.4, 0.5) is 5.69 Å². The Morgan fingerprint density at radius 1 is 0.977 bits per heavy atom. The van der Waals surface area contributed by atoms with Crippen LogP contribution in [0.2, 0.25) is 0 Å². The summed E-state index contributed by atoms with van der Waals surface area (Å²) in [5, 5.41) is 9.29. The molecule has 3 atom stereocenters. The smallest absolute Gasteiger partial charge is 0.243 e. The van der Waals surface area contributed by atoms with E-state index in [1.165, 1.54) is 6.92 Å². The van der Waals surface area contributed by atoms with Gasteiger partial charge >= 0.3 is 0 Å². The molecule has 0 radical (unpaired) electrons. The van der Waals surface area contributed by atoms with Gasteiger partial charge in [0.1, 0.15) is 6.04 Å². The predicted molar refractivity (Wildman–Crippen MR) is 168 cm³/mol. The van der Waals surface area contributed by atoms with Crippen molar-refractivity contribution in [3.05, 3.63) is 81.5 Å². The minimum absolute atomic E-state index is 0.0526. The van der Waals surface area contributed by atoms with Gasteiger partial charge in [0.05, 0.1) is 33.1 Å². The molecule has 0 saturated heterocycles. The Bertz CT molecular complexity index is 1520. The van der Waals surface area contributed by atoms with Crippen molar-refractivity contribution in [3.8, 4) is 28.4 Å². The van der Waals surface area contributed by atoms with E-state index in [1.54, 1.807) is 33.5 Å². The van der Waals surface area contributed by atoms with Crippen molar-refractivity contribution >= 4 is 17.5 Å². The average molecular weight is 588 g/mol. The highest BCUT2D eigenvalue weighted by atomic mass is 16.5. The second-order valence-corrected chi connectivity index (χ2v) is 10.8. The van der Waals surface area contributed by atoms with Gasteiger partial charge in [0.15, 0.2) is 11.5 Å². The Morgan fingerprint density at radius 2 is 1.70 bits per heavy atom. The number of rotatable bonds is 11. The number of benzene rings is 2. The van der Waals surface area contributed by atoms with E-state index in [1.807, 2.05) is 56.3 Å². The lowest BCUT2D eigenvalue weighted by Gasteiger charge is -2.24. The van der Waals surface area contributed by atoms with Crippen LogP contribution in [-0.4, -0.2) is 39.2 Å². The second kappa shape index (κ2) is 14.1. The first-order chi connectivity index (χ1) is 20.7. The predicted octanol–water partition coefficient (Wildman–Crippen LogP) is 5.01. The van der Waals surface area contributed by atoms with Crippen molar-refractivity contribution in [1.29, 1.82) is 0 Å². The van der Waals surface area contributed by atoms with Crippen LogP contribution in [0.3, 0.4) is 0 Å². The summed E-state index contributed by atoms with van der Waals surface area (Å²) >= 11 is 0. The van der Waals surface area contributed by atoms with Gasteiger partial charge in [-0.2, -0.15) is 0 Å². The van der Waals surface area contributed by atoms with E-state index < -0.39 is 12.1 Å². The van der Waals surface area contributed by atoms with Gasteiger partial charge in [0, 0.05) is 19.0 Å². The van der Waals surface area contributed by atoms with E-state index in [0.29, 0.717) is 42.2 Å². The summed E-state index contributed by atoms with van der Waals surface area (Å²) in [4.78, 5) is 39.4. The van der Waals surface area contributed by atoms with Gasteiger partial charge in [-0.05, 0) is 59.2 Å². The summed E-state index contributed by atoms with van der Waals surface area (Å²) < 4.78 is 17.1. The molecule has 0 saturated carbocycles. The number of ether oxygens (including phenoxy) is 3. The highest BCUT2D eigenvalue weighted by molar-refractivity contribution is 5.86. The topological polar surface area (TPSA) is 115 Å². The molecule has 1 aliphatic carbocycles. The fourth-order valence-corrected chi connectivity index (χ4v) is 5.59. The van der Waals surface area contributed by atoms with Crippen LogP contribution in [0.25, 0.3) is 11.1 Å². The van der Waals surface area contributed by atoms with Crippen LogP contribution >= 0.6 is 0 Å². The minimum atomic E-state index is -0.638. The maximum atomic E-state index is 13.8. The number of carbonyl (C=O) groups excluding carboxylic acids is 2. The first-order valence-electron chi connectivity index (χ1n) is 14.6. The first kappa shape index (κ1) is 31.4. The van der Waals surface area contributed by atoms with Crippen LogP contribution < -0.4 is 35.6 Å². The van der Waals surface area contributed by atoms with Gasteiger partial charge in [-0.1, -0.05) is 56.7 Å². The zero-order valence-corrected chi connectivity index (χ0v) is 25.7. The van der Waals surface area contributed by atoms with Crippen molar-refractivity contribution in [2.45, 2.75) is 58.7 Å². The molecule has 0 bridgehead atoms. The lowest BCUT2D eigenvalue weighted by molar-refractivity contribution is -0.123. The summed E-state index contributed by atoms with van der Waals surface area (Å²) in [5.74, 6) is 1.00. The third-order valence-electron chi connectivity index (χ3n) is 8.03. The fourth-order valence-electron chi connectivity index (χ4n) is 5.59. The number of anilines is 1. The number of fused-ring (bicyclic) bond motifs is 3. The van der Waals surface area contributed by atoms with E-state index in [4.69, 9.17) is 14.2 Å². The monoisotopic (exact) mass is 587 g/mol. The zero-order valence-electron chi connectivity index (χ0n) is 25.7. The van der Waals surface area contributed by atoms with Crippen LogP contribution in [0.1, 0.15) is 56.3 Å². The molecule has 0 aromatic heterocycles. The zero-order chi connectivity index (χ0) is 31.1. The molecule has 3 N–H and O–H groups in total. The van der Waals surface area contributed by atoms with Gasteiger partial charge in [-0.25, -0.2) is 0 Å². The highest BCUT2D eigenvalue weighted by Crippen LogP contribution is 2.50. The summed E-state index contributed by atoms with van der Waals surface area (Å²) in [5.41, 5.74) is 4.08. The number of nitrogens with one attached hydrogen (secondary N) is 3. The SMILES string of the molecule is CC[C@@H](C)[C@H](Nc1ccc2c(cc1=O)[C@@H](NC(C)=O)CCc1cc(OC)c(OC)c(OC)c1-2)C(=O)NCc1ccccc1. The van der Waals surface area contributed by atoms with Crippen molar-refractivity contribution in [3.63, 3.8) is 0 Å². The second-order valence-electron chi connectivity index (χ2n) is 10.8. The number of hydrogen-bond donors (Lipinski definition) is 3. The van der Waals surface area contributed by atoms with Gasteiger partial charge < -0.3 is 30.2 Å². The molecule has 228 valence electrons. The Hall–Kier alpha value is -4.53. The highest BCUT2D eigenvalue weighted by Gasteiger charge is 2.30. The summed E-state index contributed by atoms with van der Waals surface area (Å²) in [6.45, 7) is 5.84. The molecule has 0 fully saturated rings. The van der Waals surface area contributed by atoms with Crippen molar-refractivity contribution < 1.29 is 23.8 Å². The standard InChI is InChI=1S/C34H41N3O6/c1-7-20(2)31(34(40)35-19-22-11-9-8-10-12-22)37-27-16-14-24-25(18-28(27)39)26(36-21(3)38)15-13-23-17-29(41-4)32(42-5)33(43-6)30(23)24/h8-12,14,16-18,20,26,31H,7,13,15,19H2,1-6H3,(H,35,40)(H,36,38)(H,37,39)/t20-,26+,31+/m1/s1. The van der Waals surface area contributed by atoms with E-state index in [0.717, 1.165) is 28.7 Å². The largest absolute Gasteiger partial charge is 0.493 e. The van der Waals surface area contributed by atoms with E-state index in [2.05, 4.69) is 16.0 Å². The lowest BCUT2D eigenvalue weighted by Crippen LogP contribution is -2.44. The molecule has 1 aliphatic rings. The van der Waals surface area contributed by atoms with Gasteiger partial charge in [-0.15, -0.1) is 0 Å². The molecule has 43 heavy (non-hydrogen) atoms. The number of methoxy groups -OCH3 is 3. The van der Waals surface area contributed by atoms with Crippen molar-refractivity contribution in [2.24, 2.45) is 5.92 Å². The molecule has 3 aromatic carbocycles. The van der Waals surface area contributed by atoms with Crippen molar-refractivity contribution in [1.82, 2.24) is 10.6 Å². The van der Waals surface area contributed by atoms with Crippen LogP contribution in [-0.2, 0) is 22.6 Å². The van der Waals surface area contributed by atoms with Gasteiger partial charge in [0.2, 0.25) is 23.0 Å². The van der Waals surface area contributed by atoms with E-state index in [-0.39, 0.29) is 28.8 Å². The molecule has 9 nitrogen and oxygen atoms in total. The van der Waals surface area contributed by atoms with Crippen LogP contribution in [0.15, 0.2) is 59.4 Å². The van der Waals surface area contributed by atoms with E-state index >= 15 is 0 Å². The van der Waals surface area contributed by atoms with Crippen molar-refractivity contribution in [2.75, 3.05) is 26.6 Å². The van der Waals surface area contributed by atoms with Gasteiger partial charge in [0.25, 0.3) is 0 Å². The van der Waals surface area contributed by atoms with Gasteiger partial charge in [-0.3, -0.25) is 14.4 Å². The van der Waals surface area contributed by atoms with Crippen LogP contribution in [0.5, 0.6) is 17.2 Å². The fraction of sp³-hybridized carbons (Fsp3) is 0.382. The van der Waals surface area contributed by atoms with Crippen LogP contribution in [0, 0.1) is 5.92 Å². The Kier molecular flexibility index (Phi) is 10.3. The number of hydrogen-bond acceptors (Lipinski definition) is 7.